The lowest BCUT2D eigenvalue weighted by Crippen LogP contribution is -2.23. The number of aromatic nitrogens is 4. The monoisotopic (exact) mass is 311 g/mol. The zero-order chi connectivity index (χ0) is 15.7. The van der Waals surface area contributed by atoms with Gasteiger partial charge in [-0.3, -0.25) is 14.0 Å². The van der Waals surface area contributed by atoms with Crippen LogP contribution in [0.1, 0.15) is 18.7 Å². The van der Waals surface area contributed by atoms with Gasteiger partial charge in [-0.2, -0.15) is 5.10 Å². The standard InChI is InChI=1S/C13H21N5O2S/c1-8(6-16(3)4)18-12-11(9(2)15-17(12)5)14-13(18)21-7-10(19)20/h8H,6-7H2,1-5H3,(H,19,20). The molecule has 0 radical (unpaired) electrons. The molecule has 1 unspecified atom stereocenters. The highest BCUT2D eigenvalue weighted by Crippen LogP contribution is 2.29. The van der Waals surface area contributed by atoms with Crippen molar-refractivity contribution >= 4 is 28.9 Å². The van der Waals surface area contributed by atoms with Gasteiger partial charge in [0.15, 0.2) is 10.8 Å². The van der Waals surface area contributed by atoms with Crippen LogP contribution in [0.3, 0.4) is 0 Å². The number of imidazole rings is 1. The molecule has 2 heterocycles. The third-order valence-corrected chi connectivity index (χ3v) is 4.14. The van der Waals surface area contributed by atoms with Crippen LogP contribution in [0.2, 0.25) is 0 Å². The second kappa shape index (κ2) is 6.07. The Hall–Kier alpha value is -1.54. The molecule has 0 aliphatic carbocycles. The zero-order valence-electron chi connectivity index (χ0n) is 13.0. The van der Waals surface area contributed by atoms with Crippen LogP contribution in [-0.2, 0) is 11.8 Å². The summed E-state index contributed by atoms with van der Waals surface area (Å²) < 4.78 is 3.90. The molecule has 0 saturated carbocycles. The number of aryl methyl sites for hydroxylation is 2. The van der Waals surface area contributed by atoms with Gasteiger partial charge in [-0.05, 0) is 27.9 Å². The largest absolute Gasteiger partial charge is 0.481 e. The molecule has 2 aromatic rings. The molecule has 1 atom stereocenters. The molecule has 0 saturated heterocycles. The van der Waals surface area contributed by atoms with Crippen molar-refractivity contribution < 1.29 is 9.90 Å². The maximum atomic E-state index is 10.8. The van der Waals surface area contributed by atoms with Crippen molar-refractivity contribution in [2.24, 2.45) is 7.05 Å². The first-order chi connectivity index (χ1) is 9.81. The average Bonchev–Trinajstić information content (AvgIpc) is 2.85. The van der Waals surface area contributed by atoms with E-state index >= 15 is 0 Å². The summed E-state index contributed by atoms with van der Waals surface area (Å²) in [4.78, 5) is 17.5. The first kappa shape index (κ1) is 15.8. The highest BCUT2D eigenvalue weighted by molar-refractivity contribution is 7.99. The summed E-state index contributed by atoms with van der Waals surface area (Å²) in [7, 11) is 5.92. The fourth-order valence-electron chi connectivity index (χ4n) is 2.51. The first-order valence-electron chi connectivity index (χ1n) is 6.72. The van der Waals surface area contributed by atoms with Crippen LogP contribution in [0.25, 0.3) is 11.2 Å². The second-order valence-electron chi connectivity index (χ2n) is 5.44. The number of aliphatic carboxylic acids is 1. The van der Waals surface area contributed by atoms with Crippen molar-refractivity contribution in [2.75, 3.05) is 26.4 Å². The Labute approximate surface area is 127 Å². The quantitative estimate of drug-likeness (QED) is 0.812. The van der Waals surface area contributed by atoms with E-state index in [4.69, 9.17) is 5.11 Å². The van der Waals surface area contributed by atoms with E-state index in [9.17, 15) is 4.79 Å². The third-order valence-electron chi connectivity index (χ3n) is 3.20. The smallest absolute Gasteiger partial charge is 0.313 e. The van der Waals surface area contributed by atoms with Gasteiger partial charge < -0.3 is 10.0 Å². The summed E-state index contributed by atoms with van der Waals surface area (Å²) in [5, 5.41) is 14.0. The lowest BCUT2D eigenvalue weighted by Gasteiger charge is -2.20. The topological polar surface area (TPSA) is 76.2 Å². The van der Waals surface area contributed by atoms with Crippen LogP contribution < -0.4 is 0 Å². The molecule has 8 heteroatoms. The van der Waals surface area contributed by atoms with E-state index in [-0.39, 0.29) is 11.8 Å². The molecule has 21 heavy (non-hydrogen) atoms. The fourth-order valence-corrected chi connectivity index (χ4v) is 3.33. The molecular formula is C13H21N5O2S. The number of rotatable bonds is 6. The van der Waals surface area contributed by atoms with Gasteiger partial charge in [0.05, 0.1) is 11.4 Å². The number of carboxylic acid groups (broad SMARTS) is 1. The predicted octanol–water partition coefficient (Wildman–Crippen LogP) is 1.38. The fraction of sp³-hybridized carbons (Fsp3) is 0.615. The molecule has 0 fully saturated rings. The zero-order valence-corrected chi connectivity index (χ0v) is 13.8. The number of likely N-dealkylation sites (N-methyl/N-ethyl adjacent to an activating group) is 1. The lowest BCUT2D eigenvalue weighted by atomic mass is 10.3. The van der Waals surface area contributed by atoms with Crippen molar-refractivity contribution in [2.45, 2.75) is 25.0 Å². The number of hydrogen-bond acceptors (Lipinski definition) is 5. The van der Waals surface area contributed by atoms with Crippen LogP contribution in [0.15, 0.2) is 5.16 Å². The maximum Gasteiger partial charge on any atom is 0.313 e. The summed E-state index contributed by atoms with van der Waals surface area (Å²) in [5.74, 6) is -0.835. The van der Waals surface area contributed by atoms with Crippen LogP contribution in [0.4, 0.5) is 0 Å². The van der Waals surface area contributed by atoms with E-state index in [0.717, 1.165) is 28.6 Å². The van der Waals surface area contributed by atoms with Gasteiger partial charge in [-0.1, -0.05) is 11.8 Å². The molecule has 0 aliphatic heterocycles. The van der Waals surface area contributed by atoms with Gasteiger partial charge in [0.1, 0.15) is 5.52 Å². The molecule has 116 valence electrons. The SMILES string of the molecule is Cc1nn(C)c2c1nc(SCC(=O)O)n2C(C)CN(C)C. The van der Waals surface area contributed by atoms with E-state index < -0.39 is 5.97 Å². The minimum Gasteiger partial charge on any atom is -0.481 e. The Balaban J connectivity index is 2.50. The normalized spacial score (nSPS) is 13.2. The van der Waals surface area contributed by atoms with Crippen LogP contribution in [0, 0.1) is 6.92 Å². The van der Waals surface area contributed by atoms with E-state index in [1.165, 1.54) is 11.8 Å². The Bertz CT molecular complexity index is 661. The van der Waals surface area contributed by atoms with Gasteiger partial charge >= 0.3 is 5.97 Å². The molecule has 2 rings (SSSR count). The summed E-state index contributed by atoms with van der Waals surface area (Å²) in [6.07, 6.45) is 0. The lowest BCUT2D eigenvalue weighted by molar-refractivity contribution is -0.133. The van der Waals surface area contributed by atoms with Crippen molar-refractivity contribution in [1.82, 2.24) is 24.2 Å². The van der Waals surface area contributed by atoms with E-state index in [1.807, 2.05) is 32.7 Å². The number of thioether (sulfide) groups is 1. The summed E-state index contributed by atoms with van der Waals surface area (Å²) in [5.41, 5.74) is 2.64. The molecule has 0 spiro atoms. The van der Waals surface area contributed by atoms with Gasteiger partial charge in [-0.15, -0.1) is 0 Å². The van der Waals surface area contributed by atoms with Crippen molar-refractivity contribution in [3.63, 3.8) is 0 Å². The molecule has 7 nitrogen and oxygen atoms in total. The second-order valence-corrected chi connectivity index (χ2v) is 6.38. The van der Waals surface area contributed by atoms with Crippen LogP contribution in [-0.4, -0.2) is 61.7 Å². The van der Waals surface area contributed by atoms with Crippen molar-refractivity contribution in [1.29, 1.82) is 0 Å². The van der Waals surface area contributed by atoms with Crippen LogP contribution in [0.5, 0.6) is 0 Å². The third kappa shape index (κ3) is 3.21. The molecular weight excluding hydrogens is 290 g/mol. The van der Waals surface area contributed by atoms with Gasteiger partial charge in [0.25, 0.3) is 0 Å². The number of nitrogens with zero attached hydrogens (tertiary/aromatic N) is 5. The van der Waals surface area contributed by atoms with Gasteiger partial charge in [-0.25, -0.2) is 4.98 Å². The predicted molar refractivity (Wildman–Crippen MR) is 82.9 cm³/mol. The van der Waals surface area contributed by atoms with E-state index in [0.29, 0.717) is 0 Å². The van der Waals surface area contributed by atoms with E-state index in [1.54, 1.807) is 0 Å². The van der Waals surface area contributed by atoms with Crippen molar-refractivity contribution in [3.05, 3.63) is 5.69 Å². The van der Waals surface area contributed by atoms with Gasteiger partial charge in [0.2, 0.25) is 0 Å². The molecule has 1 N–H and O–H groups in total. The highest BCUT2D eigenvalue weighted by atomic mass is 32.2. The molecule has 0 aromatic carbocycles. The number of fused-ring (bicyclic) bond motifs is 1. The number of hydrogen-bond donors (Lipinski definition) is 1. The van der Waals surface area contributed by atoms with Crippen molar-refractivity contribution in [3.8, 4) is 0 Å². The molecule has 2 aromatic heterocycles. The maximum absolute atomic E-state index is 10.8. The van der Waals surface area contributed by atoms with E-state index in [2.05, 4.69) is 26.5 Å². The van der Waals surface area contributed by atoms with Gasteiger partial charge in [0, 0.05) is 19.6 Å². The Kier molecular flexibility index (Phi) is 4.58. The average molecular weight is 311 g/mol. The summed E-state index contributed by atoms with van der Waals surface area (Å²) in [6.45, 7) is 4.87. The van der Waals surface area contributed by atoms with Crippen LogP contribution >= 0.6 is 11.8 Å². The molecule has 0 aliphatic rings. The Morgan fingerprint density at radius 2 is 2.14 bits per heavy atom. The summed E-state index contributed by atoms with van der Waals surface area (Å²) in [6, 6.07) is 0.177. The minimum atomic E-state index is -0.839. The number of carbonyl (C=O) groups is 1. The Morgan fingerprint density at radius 3 is 2.71 bits per heavy atom. The molecule has 0 amide bonds. The summed E-state index contributed by atoms with van der Waals surface area (Å²) >= 11 is 1.25. The highest BCUT2D eigenvalue weighted by Gasteiger charge is 2.22. The number of carboxylic acids is 1. The molecule has 0 bridgehead atoms. The minimum absolute atomic E-state index is 0.00445. The first-order valence-corrected chi connectivity index (χ1v) is 7.70. The Morgan fingerprint density at radius 1 is 1.48 bits per heavy atom.